The summed E-state index contributed by atoms with van der Waals surface area (Å²) >= 11 is 0. The van der Waals surface area contributed by atoms with Gasteiger partial charge in [-0.1, -0.05) is 75.2 Å². The van der Waals surface area contributed by atoms with E-state index >= 15 is 4.57 Å². The lowest BCUT2D eigenvalue weighted by Crippen LogP contribution is -2.35. The Morgan fingerprint density at radius 3 is 2.16 bits per heavy atom. The van der Waals surface area contributed by atoms with Gasteiger partial charge < -0.3 is 14.7 Å². The van der Waals surface area contributed by atoms with Crippen molar-refractivity contribution in [2.75, 3.05) is 24.3 Å². The van der Waals surface area contributed by atoms with Crippen LogP contribution < -0.4 is 15.5 Å². The summed E-state index contributed by atoms with van der Waals surface area (Å²) in [5.41, 5.74) is 4.15. The molecule has 0 bridgehead atoms. The van der Waals surface area contributed by atoms with Crippen LogP contribution in [0.25, 0.3) is 0 Å². The van der Waals surface area contributed by atoms with Crippen LogP contribution in [-0.4, -0.2) is 20.2 Å². The molecule has 0 spiro atoms. The molecule has 0 heterocycles. The second kappa shape index (κ2) is 11.9. The Morgan fingerprint density at radius 2 is 1.57 bits per heavy atom. The monoisotopic (exact) mass is 518 g/mol. The van der Waals surface area contributed by atoms with Gasteiger partial charge in [-0.25, -0.2) is 0 Å². The second-order valence-corrected chi connectivity index (χ2v) is 13.7. The molecular formula is C32H43N2O2P. The fourth-order valence-corrected chi connectivity index (χ4v) is 8.11. The third kappa shape index (κ3) is 6.48. The van der Waals surface area contributed by atoms with Gasteiger partial charge in [-0.05, 0) is 79.5 Å². The summed E-state index contributed by atoms with van der Waals surface area (Å²) in [5.74, 6) is 0.915. The highest BCUT2D eigenvalue weighted by Crippen LogP contribution is 2.61. The van der Waals surface area contributed by atoms with E-state index in [0.29, 0.717) is 17.8 Å². The Morgan fingerprint density at radius 1 is 0.919 bits per heavy atom. The van der Waals surface area contributed by atoms with Crippen molar-refractivity contribution in [2.45, 2.75) is 58.8 Å². The Labute approximate surface area is 223 Å². The Bertz CT molecular complexity index is 1180. The van der Waals surface area contributed by atoms with E-state index in [1.54, 1.807) is 0 Å². The second-order valence-electron chi connectivity index (χ2n) is 11.3. The van der Waals surface area contributed by atoms with Gasteiger partial charge in [0.15, 0.2) is 0 Å². The average Bonchev–Trinajstić information content (AvgIpc) is 2.88. The average molecular weight is 519 g/mol. The number of benzene rings is 3. The molecule has 1 saturated carbocycles. The van der Waals surface area contributed by atoms with Gasteiger partial charge in [0.2, 0.25) is 0 Å². The summed E-state index contributed by atoms with van der Waals surface area (Å²) in [6.45, 7) is 8.92. The molecule has 0 radical (unpaired) electrons. The molecule has 3 aromatic rings. The normalized spacial score (nSPS) is 22.3. The maximum atomic E-state index is 15.5. The molecule has 0 aliphatic heterocycles. The van der Waals surface area contributed by atoms with Crippen molar-refractivity contribution in [3.05, 3.63) is 90.0 Å². The van der Waals surface area contributed by atoms with E-state index in [0.717, 1.165) is 35.1 Å². The van der Waals surface area contributed by atoms with Gasteiger partial charge in [0.05, 0.1) is 6.10 Å². The molecule has 0 aromatic heterocycles. The fraction of sp³-hybridized carbons (Fsp3) is 0.438. The van der Waals surface area contributed by atoms with Crippen LogP contribution >= 0.6 is 7.37 Å². The topological polar surface area (TPSA) is 41.6 Å². The lowest BCUT2D eigenvalue weighted by Gasteiger charge is -2.41. The van der Waals surface area contributed by atoms with Gasteiger partial charge in [-0.15, -0.1) is 0 Å². The standard InChI is InChI=1S/C32H43N2O2P/c1-23(2)30-21-14-25(4)22-31(30)36-37(35,29-19-17-28(18-20-29)34(5)6)32(26-15-12-24(3)13-16-26)33-27-10-8-7-9-11-27/h7-13,15-20,23,25,30-33H,14,21-22H2,1-6H3/t25-,30+,31+,32-,37+/m0/s1. The minimum Gasteiger partial charge on any atom is -0.378 e. The third-order valence-electron chi connectivity index (χ3n) is 7.79. The van der Waals surface area contributed by atoms with E-state index in [1.807, 2.05) is 68.7 Å². The van der Waals surface area contributed by atoms with Crippen LogP contribution in [0.5, 0.6) is 0 Å². The number of aryl methyl sites for hydroxylation is 1. The molecule has 5 atom stereocenters. The Hall–Kier alpha value is -2.55. The third-order valence-corrected chi connectivity index (χ3v) is 10.5. The fourth-order valence-electron chi connectivity index (χ4n) is 5.47. The van der Waals surface area contributed by atoms with Crippen LogP contribution in [-0.2, 0) is 9.09 Å². The van der Waals surface area contributed by atoms with E-state index in [1.165, 1.54) is 12.0 Å². The summed E-state index contributed by atoms with van der Waals surface area (Å²) in [5, 5.41) is 4.39. The summed E-state index contributed by atoms with van der Waals surface area (Å²) in [6, 6.07) is 26.5. The van der Waals surface area contributed by atoms with Crippen molar-refractivity contribution in [1.82, 2.24) is 0 Å². The first-order valence-corrected chi connectivity index (χ1v) is 15.3. The van der Waals surface area contributed by atoms with Gasteiger partial charge in [0, 0.05) is 30.8 Å². The molecule has 1 fully saturated rings. The molecule has 4 nitrogen and oxygen atoms in total. The SMILES string of the molecule is Cc1ccc([C@@H](Nc2ccccc2)[P@](=O)(O[C@@H]2C[C@@H](C)CC[C@@H]2C(C)C)c2ccc(N(C)C)cc2)cc1. The van der Waals surface area contributed by atoms with Crippen LogP contribution in [0.4, 0.5) is 11.4 Å². The van der Waals surface area contributed by atoms with Crippen molar-refractivity contribution in [3.63, 3.8) is 0 Å². The number of nitrogens with zero attached hydrogens (tertiary/aromatic N) is 1. The molecular weight excluding hydrogens is 475 g/mol. The molecule has 0 amide bonds. The molecule has 0 saturated heterocycles. The number of hydrogen-bond donors (Lipinski definition) is 1. The quantitative estimate of drug-likeness (QED) is 0.290. The molecule has 1 aliphatic rings. The highest BCUT2D eigenvalue weighted by molar-refractivity contribution is 7.67. The van der Waals surface area contributed by atoms with E-state index < -0.39 is 13.2 Å². The highest BCUT2D eigenvalue weighted by atomic mass is 31.2. The van der Waals surface area contributed by atoms with Crippen LogP contribution in [0.2, 0.25) is 0 Å². The smallest absolute Gasteiger partial charge is 0.258 e. The zero-order valence-corrected chi connectivity index (χ0v) is 24.1. The van der Waals surface area contributed by atoms with Crippen molar-refractivity contribution in [2.24, 2.45) is 17.8 Å². The molecule has 5 heteroatoms. The Kier molecular flexibility index (Phi) is 8.82. The first-order chi connectivity index (χ1) is 17.7. The van der Waals surface area contributed by atoms with Crippen LogP contribution in [0.15, 0.2) is 78.9 Å². The first-order valence-electron chi connectivity index (χ1n) is 13.6. The zero-order chi connectivity index (χ0) is 26.6. The van der Waals surface area contributed by atoms with Gasteiger partial charge in [-0.2, -0.15) is 0 Å². The molecule has 1 aliphatic carbocycles. The minimum absolute atomic E-state index is 0.0476. The van der Waals surface area contributed by atoms with Crippen LogP contribution in [0.3, 0.4) is 0 Å². The number of nitrogens with one attached hydrogen (secondary N) is 1. The lowest BCUT2D eigenvalue weighted by molar-refractivity contribution is 0.0489. The van der Waals surface area contributed by atoms with E-state index in [-0.39, 0.29) is 6.10 Å². The van der Waals surface area contributed by atoms with E-state index in [4.69, 9.17) is 4.52 Å². The van der Waals surface area contributed by atoms with Crippen molar-refractivity contribution < 1.29 is 9.09 Å². The van der Waals surface area contributed by atoms with Crippen LogP contribution in [0, 0.1) is 24.7 Å². The molecule has 4 rings (SSSR count). The van der Waals surface area contributed by atoms with E-state index in [9.17, 15) is 0 Å². The van der Waals surface area contributed by atoms with Gasteiger partial charge >= 0.3 is 0 Å². The van der Waals surface area contributed by atoms with Crippen molar-refractivity contribution >= 4 is 24.0 Å². The van der Waals surface area contributed by atoms with Crippen molar-refractivity contribution in [1.29, 1.82) is 0 Å². The maximum Gasteiger partial charge on any atom is 0.258 e. The minimum atomic E-state index is -3.44. The van der Waals surface area contributed by atoms with Gasteiger partial charge in [0.25, 0.3) is 7.37 Å². The largest absolute Gasteiger partial charge is 0.378 e. The summed E-state index contributed by atoms with van der Waals surface area (Å²) in [6.07, 6.45) is 3.21. The first kappa shape index (κ1) is 27.5. The number of rotatable bonds is 9. The maximum absolute atomic E-state index is 15.5. The predicted molar refractivity (Wildman–Crippen MR) is 158 cm³/mol. The molecule has 37 heavy (non-hydrogen) atoms. The van der Waals surface area contributed by atoms with Gasteiger partial charge in [0.1, 0.15) is 5.78 Å². The molecule has 198 valence electrons. The summed E-state index contributed by atoms with van der Waals surface area (Å²) in [4.78, 5) is 2.06. The summed E-state index contributed by atoms with van der Waals surface area (Å²) in [7, 11) is 0.607. The zero-order valence-electron chi connectivity index (χ0n) is 23.2. The summed E-state index contributed by atoms with van der Waals surface area (Å²) < 4.78 is 22.5. The molecule has 0 unspecified atom stereocenters. The molecule has 3 aromatic carbocycles. The Balaban J connectivity index is 1.84. The lowest BCUT2D eigenvalue weighted by atomic mass is 9.75. The van der Waals surface area contributed by atoms with Gasteiger partial charge in [-0.3, -0.25) is 4.57 Å². The number of para-hydroxylation sites is 1. The molecule has 1 N–H and O–H groups in total. The van der Waals surface area contributed by atoms with Crippen LogP contribution in [0.1, 0.15) is 56.9 Å². The van der Waals surface area contributed by atoms with Crippen molar-refractivity contribution in [3.8, 4) is 0 Å². The number of hydrogen-bond acceptors (Lipinski definition) is 4. The highest BCUT2D eigenvalue weighted by Gasteiger charge is 2.43. The predicted octanol–water partition coefficient (Wildman–Crippen LogP) is 8.25. The van der Waals surface area contributed by atoms with E-state index in [2.05, 4.69) is 62.2 Å². The number of anilines is 2.